The van der Waals surface area contributed by atoms with E-state index in [4.69, 9.17) is 0 Å². The molecule has 0 amide bonds. The second-order valence-electron chi connectivity index (χ2n) is 9.17. The van der Waals surface area contributed by atoms with Crippen molar-refractivity contribution in [3.63, 3.8) is 0 Å². The van der Waals surface area contributed by atoms with Gasteiger partial charge in [-0.2, -0.15) is 0 Å². The second kappa shape index (κ2) is 10.6. The fourth-order valence-corrected chi connectivity index (χ4v) is 6.58. The van der Waals surface area contributed by atoms with E-state index >= 15 is 0 Å². The van der Waals surface area contributed by atoms with Crippen molar-refractivity contribution in [1.29, 1.82) is 0 Å². The Labute approximate surface area is 214 Å². The van der Waals surface area contributed by atoms with Gasteiger partial charge in [0, 0.05) is 30.8 Å². The van der Waals surface area contributed by atoms with Crippen LogP contribution in [0.5, 0.6) is 0 Å². The van der Waals surface area contributed by atoms with Crippen LogP contribution in [0.3, 0.4) is 0 Å². The molecule has 1 fully saturated rings. The summed E-state index contributed by atoms with van der Waals surface area (Å²) in [6.45, 7) is 3.57. The summed E-state index contributed by atoms with van der Waals surface area (Å²) >= 11 is 0. The lowest BCUT2D eigenvalue weighted by Gasteiger charge is -2.17. The van der Waals surface area contributed by atoms with Gasteiger partial charge in [-0.1, -0.05) is 78.9 Å². The number of aliphatic carboxylic acids is 1. The fourth-order valence-electron chi connectivity index (χ4n) is 5.15. The van der Waals surface area contributed by atoms with Gasteiger partial charge in [0.2, 0.25) is 0 Å². The van der Waals surface area contributed by atoms with Crippen molar-refractivity contribution in [3.8, 4) is 22.4 Å². The number of rotatable bonds is 8. The number of hydrogen-bond donors (Lipinski definition) is 1. The third kappa shape index (κ3) is 4.79. The molecule has 0 saturated carbocycles. The van der Waals surface area contributed by atoms with Crippen molar-refractivity contribution in [1.82, 2.24) is 8.87 Å². The fraction of sp³-hybridized carbons (Fsp3) is 0.233. The summed E-state index contributed by atoms with van der Waals surface area (Å²) in [6.07, 6.45) is 2.71. The number of carboxylic acids is 1. The molecule has 1 aliphatic heterocycles. The minimum Gasteiger partial charge on any atom is -0.480 e. The first-order chi connectivity index (χ1) is 17.5. The molecule has 1 atom stereocenters. The van der Waals surface area contributed by atoms with Crippen molar-refractivity contribution >= 4 is 17.0 Å². The average molecular weight is 499 g/mol. The first kappa shape index (κ1) is 24.2. The predicted molar refractivity (Wildman–Crippen MR) is 144 cm³/mol. The third-order valence-electron chi connectivity index (χ3n) is 6.88. The van der Waals surface area contributed by atoms with Gasteiger partial charge in [0.15, 0.2) is 0 Å². The number of nitrogens with zero attached hydrogens (tertiary/aromatic N) is 2. The Morgan fingerprint density at radius 2 is 1.44 bits per heavy atom. The van der Waals surface area contributed by atoms with Gasteiger partial charge < -0.3 is 9.67 Å². The molecule has 1 unspecified atom stereocenters. The molecule has 3 aromatic carbocycles. The minimum absolute atomic E-state index is 0.128. The van der Waals surface area contributed by atoms with E-state index in [9.17, 15) is 14.1 Å². The van der Waals surface area contributed by atoms with E-state index in [1.165, 1.54) is 0 Å². The average Bonchev–Trinajstić information content (AvgIpc) is 3.53. The number of benzene rings is 3. The summed E-state index contributed by atoms with van der Waals surface area (Å²) in [6, 6.07) is 28.1. The molecule has 1 saturated heterocycles. The van der Waals surface area contributed by atoms with Gasteiger partial charge >= 0.3 is 5.97 Å². The van der Waals surface area contributed by atoms with Crippen molar-refractivity contribution in [2.75, 3.05) is 13.1 Å². The van der Waals surface area contributed by atoms with Gasteiger partial charge in [0.25, 0.3) is 0 Å². The van der Waals surface area contributed by atoms with Gasteiger partial charge in [0.1, 0.15) is 17.5 Å². The highest BCUT2D eigenvalue weighted by Gasteiger charge is 2.26. The zero-order valence-corrected chi connectivity index (χ0v) is 21.2. The molecule has 1 aliphatic rings. The maximum absolute atomic E-state index is 13.5. The largest absolute Gasteiger partial charge is 0.480 e. The first-order valence-corrected chi connectivity index (χ1v) is 13.4. The molecular formula is C30H30N2O3S. The molecule has 5 rings (SSSR count). The lowest BCUT2D eigenvalue weighted by Crippen LogP contribution is -2.23. The van der Waals surface area contributed by atoms with E-state index in [0.29, 0.717) is 6.42 Å². The van der Waals surface area contributed by atoms with Gasteiger partial charge in [-0.05, 0) is 48.1 Å². The Morgan fingerprint density at radius 1 is 0.861 bits per heavy atom. The molecule has 0 spiro atoms. The first-order valence-electron chi connectivity index (χ1n) is 12.3. The van der Waals surface area contributed by atoms with Gasteiger partial charge in [-0.3, -0.25) is 4.79 Å². The molecule has 0 radical (unpaired) electrons. The monoisotopic (exact) mass is 498 g/mol. The van der Waals surface area contributed by atoms with Crippen LogP contribution in [-0.4, -0.2) is 37.2 Å². The van der Waals surface area contributed by atoms with Crippen LogP contribution in [0.25, 0.3) is 22.4 Å². The quantitative estimate of drug-likeness (QED) is 0.328. The van der Waals surface area contributed by atoms with Crippen LogP contribution in [0.15, 0.2) is 89.8 Å². The Hall–Kier alpha value is -3.48. The van der Waals surface area contributed by atoms with Gasteiger partial charge in [-0.15, -0.1) is 0 Å². The summed E-state index contributed by atoms with van der Waals surface area (Å²) in [5.41, 5.74) is 6.92. The second-order valence-corrected chi connectivity index (χ2v) is 10.6. The van der Waals surface area contributed by atoms with Crippen LogP contribution in [-0.2, 0) is 28.7 Å². The van der Waals surface area contributed by atoms with Crippen LogP contribution in [0.4, 0.5) is 0 Å². The highest BCUT2D eigenvalue weighted by atomic mass is 32.2. The Balaban J connectivity index is 1.71. The molecule has 1 N–H and O–H groups in total. The third-order valence-corrected chi connectivity index (χ3v) is 8.49. The number of carboxylic acid groups (broad SMARTS) is 1. The van der Waals surface area contributed by atoms with Crippen LogP contribution < -0.4 is 0 Å². The SMILES string of the molecule is Cc1c(Cc2ccccc2S(=O)N2CCCC2)c(-c2ccccc2)c(-c2ccccc2)n1CC(=O)O. The van der Waals surface area contributed by atoms with Crippen molar-refractivity contribution < 1.29 is 14.1 Å². The Bertz CT molecular complexity index is 1390. The van der Waals surface area contributed by atoms with E-state index in [1.807, 2.05) is 84.3 Å². The zero-order valence-electron chi connectivity index (χ0n) is 20.4. The maximum Gasteiger partial charge on any atom is 0.323 e. The number of aromatic nitrogens is 1. The predicted octanol–water partition coefficient (Wildman–Crippen LogP) is 5.92. The molecule has 6 heteroatoms. The van der Waals surface area contributed by atoms with E-state index in [-0.39, 0.29) is 6.54 Å². The molecule has 5 nitrogen and oxygen atoms in total. The van der Waals surface area contributed by atoms with E-state index < -0.39 is 17.0 Å². The van der Waals surface area contributed by atoms with Crippen LogP contribution in [0, 0.1) is 6.92 Å². The Kier molecular flexibility index (Phi) is 7.16. The number of hydrogen-bond acceptors (Lipinski definition) is 2. The molecule has 2 heterocycles. The molecule has 4 aromatic rings. The highest BCUT2D eigenvalue weighted by molar-refractivity contribution is 7.82. The normalized spacial score (nSPS) is 14.7. The molecular weight excluding hydrogens is 468 g/mol. The maximum atomic E-state index is 13.5. The summed E-state index contributed by atoms with van der Waals surface area (Å²) < 4.78 is 17.5. The summed E-state index contributed by atoms with van der Waals surface area (Å²) in [5, 5.41) is 9.79. The highest BCUT2D eigenvalue weighted by Crippen LogP contribution is 2.41. The molecule has 184 valence electrons. The van der Waals surface area contributed by atoms with Crippen molar-refractivity contribution in [2.45, 2.75) is 37.6 Å². The molecule has 1 aromatic heterocycles. The van der Waals surface area contributed by atoms with E-state index in [0.717, 1.165) is 70.0 Å². The van der Waals surface area contributed by atoms with Crippen LogP contribution in [0.2, 0.25) is 0 Å². The van der Waals surface area contributed by atoms with Crippen molar-refractivity contribution in [2.24, 2.45) is 0 Å². The smallest absolute Gasteiger partial charge is 0.323 e. The van der Waals surface area contributed by atoms with Gasteiger partial charge in [-0.25, -0.2) is 8.51 Å². The lowest BCUT2D eigenvalue weighted by atomic mass is 9.93. The minimum atomic E-state index is -1.21. The molecule has 0 aliphatic carbocycles. The van der Waals surface area contributed by atoms with E-state index in [2.05, 4.69) is 16.4 Å². The van der Waals surface area contributed by atoms with Crippen molar-refractivity contribution in [3.05, 3.63) is 102 Å². The number of carbonyl (C=O) groups is 1. The van der Waals surface area contributed by atoms with Crippen LogP contribution >= 0.6 is 0 Å². The molecule has 36 heavy (non-hydrogen) atoms. The summed E-state index contributed by atoms with van der Waals surface area (Å²) in [7, 11) is -1.21. The lowest BCUT2D eigenvalue weighted by molar-refractivity contribution is -0.137. The standard InChI is InChI=1S/C30H30N2O3S/c1-22-26(20-25-16-8-9-17-27(25)36(35)31-18-10-11-19-31)29(23-12-4-2-5-13-23)30(32(22)21-28(33)34)24-14-6-3-7-15-24/h2-9,12-17H,10-11,18-21H2,1H3,(H,33,34). The molecule has 0 bridgehead atoms. The van der Waals surface area contributed by atoms with E-state index in [1.54, 1.807) is 0 Å². The summed E-state index contributed by atoms with van der Waals surface area (Å²) in [4.78, 5) is 12.8. The summed E-state index contributed by atoms with van der Waals surface area (Å²) in [5.74, 6) is -0.882. The topological polar surface area (TPSA) is 62.5 Å². The zero-order chi connectivity index (χ0) is 25.1. The van der Waals surface area contributed by atoms with Gasteiger partial charge in [0.05, 0.1) is 10.6 Å². The Morgan fingerprint density at radius 3 is 2.08 bits per heavy atom. The van der Waals surface area contributed by atoms with Crippen LogP contribution in [0.1, 0.15) is 29.7 Å².